The number of hydrogen-bond donors (Lipinski definition) is 2. The fourth-order valence-electron chi connectivity index (χ4n) is 3.07. The number of aromatic hydroxyl groups is 1. The maximum atomic E-state index is 10.1. The first kappa shape index (κ1) is 9.91. The third-order valence-electron chi connectivity index (χ3n) is 4.19. The molecule has 0 amide bonds. The minimum atomic E-state index is -0.246. The predicted octanol–water partition coefficient (Wildman–Crippen LogP) is 2.49. The van der Waals surface area contributed by atoms with Crippen molar-refractivity contribution in [3.8, 4) is 5.75 Å². The van der Waals surface area contributed by atoms with E-state index in [2.05, 4.69) is 13.0 Å². The molecule has 2 aliphatic carbocycles. The molecule has 1 aromatic carbocycles. The largest absolute Gasteiger partial charge is 0.508 e. The van der Waals surface area contributed by atoms with Crippen LogP contribution >= 0.6 is 0 Å². The Morgan fingerprint density at radius 2 is 2.19 bits per heavy atom. The zero-order valence-electron chi connectivity index (χ0n) is 9.40. The van der Waals surface area contributed by atoms with Gasteiger partial charge in [0.2, 0.25) is 0 Å². The van der Waals surface area contributed by atoms with Crippen LogP contribution in [-0.2, 0) is 6.42 Å². The van der Waals surface area contributed by atoms with E-state index >= 15 is 0 Å². The standard InChI is InChI=1S/C14H16O2/c1-14-7-6-9-8-10(15)2-3-11(9)12(14)4-5-13(14)16/h2-4,8,13,15-16H,5-7H2,1H3/t13-,14-/m0/s1. The molecule has 84 valence electrons. The van der Waals surface area contributed by atoms with Crippen LogP contribution in [0.1, 0.15) is 30.9 Å². The van der Waals surface area contributed by atoms with Crippen LogP contribution in [0.2, 0.25) is 0 Å². The summed E-state index contributed by atoms with van der Waals surface area (Å²) >= 11 is 0. The maximum Gasteiger partial charge on any atom is 0.115 e. The van der Waals surface area contributed by atoms with Gasteiger partial charge < -0.3 is 10.2 Å². The van der Waals surface area contributed by atoms with Crippen molar-refractivity contribution in [1.82, 2.24) is 0 Å². The van der Waals surface area contributed by atoms with Crippen molar-refractivity contribution in [3.05, 3.63) is 35.4 Å². The summed E-state index contributed by atoms with van der Waals surface area (Å²) in [4.78, 5) is 0. The Morgan fingerprint density at radius 1 is 1.38 bits per heavy atom. The summed E-state index contributed by atoms with van der Waals surface area (Å²) < 4.78 is 0. The van der Waals surface area contributed by atoms with Crippen molar-refractivity contribution >= 4 is 5.57 Å². The molecule has 0 unspecified atom stereocenters. The zero-order valence-corrected chi connectivity index (χ0v) is 9.40. The summed E-state index contributed by atoms with van der Waals surface area (Å²) in [5, 5.41) is 19.5. The van der Waals surface area contributed by atoms with Gasteiger partial charge in [0.25, 0.3) is 0 Å². The van der Waals surface area contributed by atoms with Crippen LogP contribution in [0, 0.1) is 5.41 Å². The molecule has 2 heteroatoms. The molecule has 16 heavy (non-hydrogen) atoms. The second-order valence-electron chi connectivity index (χ2n) is 5.13. The summed E-state index contributed by atoms with van der Waals surface area (Å²) in [6.45, 7) is 2.15. The minimum Gasteiger partial charge on any atom is -0.508 e. The molecule has 2 aliphatic rings. The van der Waals surface area contributed by atoms with E-state index in [0.717, 1.165) is 19.3 Å². The van der Waals surface area contributed by atoms with Crippen LogP contribution in [0.15, 0.2) is 24.3 Å². The van der Waals surface area contributed by atoms with E-state index in [1.807, 2.05) is 12.1 Å². The van der Waals surface area contributed by atoms with Gasteiger partial charge in [-0.3, -0.25) is 0 Å². The van der Waals surface area contributed by atoms with Crippen LogP contribution in [0.25, 0.3) is 5.57 Å². The van der Waals surface area contributed by atoms with Crippen LogP contribution in [0.4, 0.5) is 0 Å². The summed E-state index contributed by atoms with van der Waals surface area (Å²) in [5.41, 5.74) is 3.60. The molecule has 0 saturated heterocycles. The van der Waals surface area contributed by atoms with Gasteiger partial charge in [-0.15, -0.1) is 0 Å². The van der Waals surface area contributed by atoms with Gasteiger partial charge in [-0.25, -0.2) is 0 Å². The number of rotatable bonds is 0. The third-order valence-corrected chi connectivity index (χ3v) is 4.19. The Bertz CT molecular complexity index is 476. The SMILES string of the molecule is C[C@]12CCc3cc(O)ccc3C1=CC[C@@H]2O. The Morgan fingerprint density at radius 3 is 3.00 bits per heavy atom. The average Bonchev–Trinajstić information content (AvgIpc) is 2.56. The first-order chi connectivity index (χ1) is 7.61. The lowest BCUT2D eigenvalue weighted by Crippen LogP contribution is -2.32. The molecule has 2 nitrogen and oxygen atoms in total. The number of phenolic OH excluding ortho intramolecular Hbond substituents is 1. The summed E-state index contributed by atoms with van der Waals surface area (Å²) in [6.07, 6.45) is 4.57. The van der Waals surface area contributed by atoms with Crippen molar-refractivity contribution in [2.75, 3.05) is 0 Å². The Kier molecular flexibility index (Phi) is 1.93. The number of benzene rings is 1. The average molecular weight is 216 g/mol. The molecule has 2 atom stereocenters. The van der Waals surface area contributed by atoms with Gasteiger partial charge in [-0.05, 0) is 48.1 Å². The molecule has 0 saturated carbocycles. The van der Waals surface area contributed by atoms with Crippen LogP contribution in [-0.4, -0.2) is 16.3 Å². The van der Waals surface area contributed by atoms with Gasteiger partial charge in [0.15, 0.2) is 0 Å². The molecular weight excluding hydrogens is 200 g/mol. The topological polar surface area (TPSA) is 40.5 Å². The lowest BCUT2D eigenvalue weighted by molar-refractivity contribution is 0.0826. The highest BCUT2D eigenvalue weighted by Crippen LogP contribution is 2.52. The third kappa shape index (κ3) is 1.17. The van der Waals surface area contributed by atoms with E-state index in [-0.39, 0.29) is 11.5 Å². The Labute approximate surface area is 95.2 Å². The number of aliphatic hydroxyl groups excluding tert-OH is 1. The number of fused-ring (bicyclic) bond motifs is 3. The van der Waals surface area contributed by atoms with E-state index < -0.39 is 0 Å². The van der Waals surface area contributed by atoms with Gasteiger partial charge in [-0.2, -0.15) is 0 Å². The smallest absolute Gasteiger partial charge is 0.115 e. The molecule has 0 radical (unpaired) electrons. The van der Waals surface area contributed by atoms with Gasteiger partial charge in [0.1, 0.15) is 5.75 Å². The maximum absolute atomic E-state index is 10.1. The molecule has 0 bridgehead atoms. The van der Waals surface area contributed by atoms with E-state index in [4.69, 9.17) is 0 Å². The first-order valence-corrected chi connectivity index (χ1v) is 5.82. The highest BCUT2D eigenvalue weighted by atomic mass is 16.3. The van der Waals surface area contributed by atoms with Gasteiger partial charge in [0.05, 0.1) is 6.10 Å². The Balaban J connectivity index is 2.15. The molecule has 0 aliphatic heterocycles. The molecule has 0 heterocycles. The number of aryl methyl sites for hydroxylation is 1. The monoisotopic (exact) mass is 216 g/mol. The zero-order chi connectivity index (χ0) is 11.3. The minimum absolute atomic E-state index is 0.0794. The highest BCUT2D eigenvalue weighted by molar-refractivity contribution is 5.77. The van der Waals surface area contributed by atoms with Crippen LogP contribution < -0.4 is 0 Å². The van der Waals surface area contributed by atoms with E-state index in [1.165, 1.54) is 16.7 Å². The summed E-state index contributed by atoms with van der Waals surface area (Å²) in [5.74, 6) is 0.335. The van der Waals surface area contributed by atoms with Gasteiger partial charge in [0, 0.05) is 5.41 Å². The van der Waals surface area contributed by atoms with Crippen LogP contribution in [0.5, 0.6) is 5.75 Å². The Hall–Kier alpha value is -1.28. The second kappa shape index (κ2) is 3.11. The molecule has 3 rings (SSSR count). The molecular formula is C14H16O2. The normalized spacial score (nSPS) is 31.9. The number of aliphatic hydroxyl groups is 1. The molecule has 2 N–H and O–H groups in total. The van der Waals surface area contributed by atoms with Crippen molar-refractivity contribution < 1.29 is 10.2 Å². The van der Waals surface area contributed by atoms with Gasteiger partial charge >= 0.3 is 0 Å². The quantitative estimate of drug-likeness (QED) is 0.699. The van der Waals surface area contributed by atoms with Crippen molar-refractivity contribution in [2.24, 2.45) is 5.41 Å². The lowest BCUT2D eigenvalue weighted by Gasteiger charge is -2.37. The molecule has 1 aromatic rings. The summed E-state index contributed by atoms with van der Waals surface area (Å²) in [6, 6.07) is 5.56. The highest BCUT2D eigenvalue weighted by Gasteiger charge is 2.43. The second-order valence-corrected chi connectivity index (χ2v) is 5.13. The lowest BCUT2D eigenvalue weighted by atomic mass is 9.69. The number of hydrogen-bond acceptors (Lipinski definition) is 2. The summed E-state index contributed by atoms with van der Waals surface area (Å²) in [7, 11) is 0. The van der Waals surface area contributed by atoms with E-state index in [1.54, 1.807) is 6.07 Å². The van der Waals surface area contributed by atoms with Crippen molar-refractivity contribution in [2.45, 2.75) is 32.3 Å². The van der Waals surface area contributed by atoms with Gasteiger partial charge in [-0.1, -0.05) is 19.1 Å². The predicted molar refractivity (Wildman–Crippen MR) is 63.1 cm³/mol. The van der Waals surface area contributed by atoms with Crippen molar-refractivity contribution in [1.29, 1.82) is 0 Å². The molecule has 0 spiro atoms. The van der Waals surface area contributed by atoms with Crippen LogP contribution in [0.3, 0.4) is 0 Å². The first-order valence-electron chi connectivity index (χ1n) is 5.82. The molecule has 0 aromatic heterocycles. The fourth-order valence-corrected chi connectivity index (χ4v) is 3.07. The number of phenols is 1. The van der Waals surface area contributed by atoms with E-state index in [9.17, 15) is 10.2 Å². The van der Waals surface area contributed by atoms with E-state index in [0.29, 0.717) is 5.75 Å². The fraction of sp³-hybridized carbons (Fsp3) is 0.429. The molecule has 0 fully saturated rings. The van der Waals surface area contributed by atoms with Crippen molar-refractivity contribution in [3.63, 3.8) is 0 Å².